The average Bonchev–Trinajstić information content (AvgIpc) is 2.60. The number of ether oxygens (including phenoxy) is 1. The summed E-state index contributed by atoms with van der Waals surface area (Å²) in [5.74, 6) is -0.755. The summed E-state index contributed by atoms with van der Waals surface area (Å²) in [6.07, 6.45) is 3.04. The van der Waals surface area contributed by atoms with Crippen molar-refractivity contribution in [2.24, 2.45) is 0 Å². The average molecular weight is 345 g/mol. The van der Waals surface area contributed by atoms with Crippen LogP contribution in [-0.4, -0.2) is 41.4 Å². The molecule has 0 unspecified atom stereocenters. The highest BCUT2D eigenvalue weighted by Gasteiger charge is 2.13. The summed E-state index contributed by atoms with van der Waals surface area (Å²) in [5, 5.41) is 19.3. The number of hydrogen-bond donors (Lipinski definition) is 0. The summed E-state index contributed by atoms with van der Waals surface area (Å²) in [6, 6.07) is 7.71. The van der Waals surface area contributed by atoms with Crippen LogP contribution in [0.25, 0.3) is 6.08 Å². The molecule has 0 N–H and O–H groups in total. The van der Waals surface area contributed by atoms with Gasteiger partial charge in [-0.1, -0.05) is 0 Å². The Hall–Kier alpha value is -3.21. The lowest BCUT2D eigenvalue weighted by Gasteiger charge is -2.19. The van der Waals surface area contributed by atoms with Crippen molar-refractivity contribution in [2.75, 3.05) is 19.7 Å². The van der Waals surface area contributed by atoms with Crippen molar-refractivity contribution < 1.29 is 19.2 Å². The maximum Gasteiger partial charge on any atom is 0.307 e. The molecule has 0 aliphatic heterocycles. The normalized spacial score (nSPS) is 10.2. The third-order valence-electron chi connectivity index (χ3n) is 3.22. The molecule has 1 rings (SSSR count). The molecule has 0 spiro atoms. The zero-order valence-electron chi connectivity index (χ0n) is 13.9. The minimum absolute atomic E-state index is 0.0337. The lowest BCUT2D eigenvalue weighted by atomic mass is 10.2. The van der Waals surface area contributed by atoms with Gasteiger partial charge in [0, 0.05) is 31.3 Å². The van der Waals surface area contributed by atoms with Gasteiger partial charge in [0.05, 0.1) is 30.4 Å². The van der Waals surface area contributed by atoms with Gasteiger partial charge in [0.2, 0.25) is 5.91 Å². The summed E-state index contributed by atoms with van der Waals surface area (Å²) >= 11 is 0. The van der Waals surface area contributed by atoms with E-state index >= 15 is 0 Å². The largest absolute Gasteiger partial charge is 0.466 e. The number of nitriles is 1. The van der Waals surface area contributed by atoms with Crippen LogP contribution in [0.1, 0.15) is 25.3 Å². The predicted octanol–water partition coefficient (Wildman–Crippen LogP) is 2.30. The van der Waals surface area contributed by atoms with Crippen LogP contribution in [0.15, 0.2) is 30.3 Å². The topological polar surface area (TPSA) is 114 Å². The molecule has 0 aliphatic carbocycles. The van der Waals surface area contributed by atoms with Crippen LogP contribution in [0.5, 0.6) is 0 Å². The molecule has 0 heterocycles. The second-order valence-electron chi connectivity index (χ2n) is 4.97. The molecule has 0 atom stereocenters. The summed E-state index contributed by atoms with van der Waals surface area (Å²) < 4.78 is 4.82. The molecule has 0 fully saturated rings. The van der Waals surface area contributed by atoms with E-state index in [0.29, 0.717) is 5.56 Å². The van der Waals surface area contributed by atoms with Crippen LogP contribution in [-0.2, 0) is 14.3 Å². The quantitative estimate of drug-likeness (QED) is 0.294. The van der Waals surface area contributed by atoms with Crippen molar-refractivity contribution >= 4 is 23.6 Å². The Bertz CT molecular complexity index is 677. The number of benzene rings is 1. The maximum absolute atomic E-state index is 12.2. The Morgan fingerprint density at radius 3 is 2.56 bits per heavy atom. The Morgan fingerprint density at radius 2 is 2.00 bits per heavy atom. The molecule has 25 heavy (non-hydrogen) atoms. The third kappa shape index (κ3) is 7.26. The van der Waals surface area contributed by atoms with Gasteiger partial charge in [-0.05, 0) is 30.7 Å². The molecule has 0 saturated carbocycles. The molecule has 8 heteroatoms. The molecule has 0 radical (unpaired) electrons. The van der Waals surface area contributed by atoms with Gasteiger partial charge < -0.3 is 9.64 Å². The number of hydrogen-bond acceptors (Lipinski definition) is 6. The van der Waals surface area contributed by atoms with Crippen molar-refractivity contribution in [2.45, 2.75) is 19.8 Å². The summed E-state index contributed by atoms with van der Waals surface area (Å²) in [4.78, 5) is 35.1. The second-order valence-corrected chi connectivity index (χ2v) is 4.97. The summed E-state index contributed by atoms with van der Waals surface area (Å²) in [6.45, 7) is 2.33. The number of carbonyl (C=O) groups excluding carboxylic acids is 2. The number of nitro benzene ring substituents is 1. The van der Waals surface area contributed by atoms with Crippen molar-refractivity contribution in [3.05, 3.63) is 46.0 Å². The summed E-state index contributed by atoms with van der Waals surface area (Å²) in [5.41, 5.74) is 0.595. The molecule has 0 aromatic heterocycles. The van der Waals surface area contributed by atoms with Crippen LogP contribution < -0.4 is 0 Å². The van der Waals surface area contributed by atoms with E-state index in [1.807, 2.05) is 6.07 Å². The van der Waals surface area contributed by atoms with E-state index in [0.717, 1.165) is 0 Å². The molecule has 1 aromatic rings. The smallest absolute Gasteiger partial charge is 0.307 e. The minimum atomic E-state index is -0.502. The fourth-order valence-electron chi connectivity index (χ4n) is 1.96. The van der Waals surface area contributed by atoms with Crippen molar-refractivity contribution in [1.29, 1.82) is 5.26 Å². The van der Waals surface area contributed by atoms with E-state index in [9.17, 15) is 19.7 Å². The third-order valence-corrected chi connectivity index (χ3v) is 3.22. The first-order valence-electron chi connectivity index (χ1n) is 7.72. The van der Waals surface area contributed by atoms with Crippen molar-refractivity contribution in [3.63, 3.8) is 0 Å². The van der Waals surface area contributed by atoms with Crippen molar-refractivity contribution in [1.82, 2.24) is 4.90 Å². The highest BCUT2D eigenvalue weighted by Crippen LogP contribution is 2.13. The number of nitro groups is 1. The van der Waals surface area contributed by atoms with E-state index in [1.165, 1.54) is 41.3 Å². The molecular weight excluding hydrogens is 326 g/mol. The van der Waals surface area contributed by atoms with E-state index in [1.54, 1.807) is 6.92 Å². The Kier molecular flexibility index (Phi) is 8.37. The molecule has 0 saturated heterocycles. The zero-order valence-corrected chi connectivity index (χ0v) is 13.9. The highest BCUT2D eigenvalue weighted by molar-refractivity contribution is 5.92. The van der Waals surface area contributed by atoms with Crippen LogP contribution in [0.4, 0.5) is 5.69 Å². The number of esters is 1. The van der Waals surface area contributed by atoms with Gasteiger partial charge in [-0.15, -0.1) is 0 Å². The van der Waals surface area contributed by atoms with Gasteiger partial charge >= 0.3 is 5.97 Å². The number of carbonyl (C=O) groups is 2. The first-order chi connectivity index (χ1) is 12.0. The number of nitrogens with zero attached hydrogens (tertiary/aromatic N) is 3. The van der Waals surface area contributed by atoms with Gasteiger partial charge in [0.1, 0.15) is 0 Å². The first-order valence-corrected chi connectivity index (χ1v) is 7.72. The number of rotatable bonds is 9. The molecule has 1 amide bonds. The fourth-order valence-corrected chi connectivity index (χ4v) is 1.96. The Labute approximate surface area is 145 Å². The van der Waals surface area contributed by atoms with Gasteiger partial charge in [-0.3, -0.25) is 19.7 Å². The Morgan fingerprint density at radius 1 is 1.32 bits per heavy atom. The maximum atomic E-state index is 12.2. The number of non-ortho nitro benzene ring substituents is 1. The fraction of sp³-hybridized carbons (Fsp3) is 0.353. The number of amides is 1. The molecule has 132 valence electrons. The van der Waals surface area contributed by atoms with Gasteiger partial charge in [0.25, 0.3) is 5.69 Å². The van der Waals surface area contributed by atoms with E-state index < -0.39 is 10.9 Å². The molecule has 8 nitrogen and oxygen atoms in total. The zero-order chi connectivity index (χ0) is 18.7. The molecule has 0 aliphatic rings. The second kappa shape index (κ2) is 10.5. The van der Waals surface area contributed by atoms with Crippen LogP contribution >= 0.6 is 0 Å². The van der Waals surface area contributed by atoms with Crippen LogP contribution in [0, 0.1) is 21.4 Å². The van der Waals surface area contributed by atoms with Crippen LogP contribution in [0.3, 0.4) is 0 Å². The predicted molar refractivity (Wildman–Crippen MR) is 90.2 cm³/mol. The van der Waals surface area contributed by atoms with Gasteiger partial charge in [-0.2, -0.15) is 5.26 Å². The lowest BCUT2D eigenvalue weighted by molar-refractivity contribution is -0.384. The van der Waals surface area contributed by atoms with E-state index in [4.69, 9.17) is 10.00 Å². The lowest BCUT2D eigenvalue weighted by Crippen LogP contribution is -2.32. The summed E-state index contributed by atoms with van der Waals surface area (Å²) in [7, 11) is 0. The standard InChI is InChI=1S/C17H19N3O5/c1-2-25-17(22)10-13-19(12-3-11-18)16(21)9-6-14-4-7-15(8-5-14)20(23)24/h4-9H,2-3,10,12-13H2,1H3/b9-6+. The minimum Gasteiger partial charge on any atom is -0.466 e. The van der Waals surface area contributed by atoms with E-state index in [2.05, 4.69) is 0 Å². The Balaban J connectivity index is 2.70. The molecule has 1 aromatic carbocycles. The van der Waals surface area contributed by atoms with E-state index in [-0.39, 0.29) is 44.1 Å². The van der Waals surface area contributed by atoms with Crippen LogP contribution in [0.2, 0.25) is 0 Å². The van der Waals surface area contributed by atoms with Gasteiger partial charge in [0.15, 0.2) is 0 Å². The monoisotopic (exact) mass is 345 g/mol. The van der Waals surface area contributed by atoms with Gasteiger partial charge in [-0.25, -0.2) is 0 Å². The van der Waals surface area contributed by atoms with Crippen molar-refractivity contribution in [3.8, 4) is 6.07 Å². The first kappa shape index (κ1) is 19.8. The highest BCUT2D eigenvalue weighted by atomic mass is 16.6. The molecular formula is C17H19N3O5. The SMILES string of the molecule is CCOC(=O)CCN(CCC#N)C(=O)/C=C/c1ccc([N+](=O)[O-])cc1. The molecule has 0 bridgehead atoms.